The van der Waals surface area contributed by atoms with Gasteiger partial charge in [0.2, 0.25) is 0 Å². The number of aliphatic hydroxyl groups is 5. The van der Waals surface area contributed by atoms with Crippen LogP contribution in [-0.2, 0) is 18.9 Å². The minimum absolute atomic E-state index is 0.0559. The quantitative estimate of drug-likeness (QED) is 0.307. The maximum atomic E-state index is 12.5. The Labute approximate surface area is 255 Å². The second kappa shape index (κ2) is 8.56. The Bertz CT molecular complexity index is 1190. The number of ether oxygens (including phenoxy) is 4. The average Bonchev–Trinajstić information content (AvgIpc) is 3.18. The van der Waals surface area contributed by atoms with E-state index in [1.807, 2.05) is 0 Å². The lowest BCUT2D eigenvalue weighted by molar-refractivity contribution is -0.303. The van der Waals surface area contributed by atoms with E-state index in [0.29, 0.717) is 11.8 Å². The van der Waals surface area contributed by atoms with E-state index in [-0.39, 0.29) is 57.7 Å². The second-order valence-electron chi connectivity index (χ2n) is 17.8. The summed E-state index contributed by atoms with van der Waals surface area (Å²) < 4.78 is 25.5. The van der Waals surface area contributed by atoms with Crippen molar-refractivity contribution in [3.05, 3.63) is 0 Å². The van der Waals surface area contributed by atoms with Crippen LogP contribution in [0.5, 0.6) is 0 Å². The van der Waals surface area contributed by atoms with Gasteiger partial charge in [0.1, 0.15) is 30.5 Å². The van der Waals surface area contributed by atoms with Gasteiger partial charge in [0.05, 0.1) is 24.4 Å². The van der Waals surface area contributed by atoms with Crippen LogP contribution in [0.15, 0.2) is 0 Å². The molecular formula is C34H54O9. The number of hydrogen-bond acceptors (Lipinski definition) is 9. The number of hydrogen-bond donors (Lipinski definition) is 5. The molecule has 8 rings (SSSR count). The molecule has 244 valence electrons. The number of aliphatic hydroxyl groups excluding tert-OH is 4. The Morgan fingerprint density at radius 3 is 2.21 bits per heavy atom. The van der Waals surface area contributed by atoms with Gasteiger partial charge in [-0.05, 0) is 98.2 Å². The SMILES string of the molecule is C[C@@H]1C2OC3(OC2C(C)(C)O)C(O)[C@@]2(C)C4CCC5C(C)(C)[C@@H](O[C@@H]6OC[C@@H](O)[C@H](O)[C@H]6O)CC[C@@]56C[C@@]46CC[C@]2(C)C13. The van der Waals surface area contributed by atoms with Crippen molar-refractivity contribution in [2.45, 2.75) is 154 Å². The van der Waals surface area contributed by atoms with E-state index in [1.165, 1.54) is 6.42 Å². The Balaban J connectivity index is 1.09. The van der Waals surface area contributed by atoms with Gasteiger partial charge in [-0.25, -0.2) is 0 Å². The minimum atomic E-state index is -1.28. The molecule has 9 heteroatoms. The molecule has 2 bridgehead atoms. The number of rotatable bonds is 3. The Morgan fingerprint density at radius 1 is 0.837 bits per heavy atom. The Morgan fingerprint density at radius 2 is 1.51 bits per heavy atom. The van der Waals surface area contributed by atoms with Crippen LogP contribution in [0.4, 0.5) is 0 Å². The van der Waals surface area contributed by atoms with E-state index in [4.69, 9.17) is 18.9 Å². The third kappa shape index (κ3) is 3.22. The fraction of sp³-hybridized carbons (Fsp3) is 1.00. The lowest BCUT2D eigenvalue weighted by atomic mass is 9.41. The van der Waals surface area contributed by atoms with Crippen LogP contribution >= 0.6 is 0 Å². The van der Waals surface area contributed by atoms with Crippen molar-refractivity contribution in [2.75, 3.05) is 6.61 Å². The molecule has 0 amide bonds. The fourth-order valence-electron chi connectivity index (χ4n) is 13.7. The van der Waals surface area contributed by atoms with Gasteiger partial charge in [-0.3, -0.25) is 0 Å². The van der Waals surface area contributed by atoms with Gasteiger partial charge in [0, 0.05) is 11.3 Å². The highest BCUT2D eigenvalue weighted by Gasteiger charge is 2.89. The molecule has 0 aromatic carbocycles. The predicted molar refractivity (Wildman–Crippen MR) is 154 cm³/mol. The van der Waals surface area contributed by atoms with Crippen molar-refractivity contribution in [2.24, 2.45) is 50.7 Å². The van der Waals surface area contributed by atoms with Gasteiger partial charge in [-0.1, -0.05) is 34.6 Å². The van der Waals surface area contributed by atoms with Gasteiger partial charge in [0.15, 0.2) is 12.1 Å². The zero-order chi connectivity index (χ0) is 30.9. The van der Waals surface area contributed by atoms with Crippen LogP contribution < -0.4 is 0 Å². The molecule has 3 spiro atoms. The van der Waals surface area contributed by atoms with Gasteiger partial charge in [-0.2, -0.15) is 0 Å². The highest BCUT2D eigenvalue weighted by atomic mass is 16.8. The zero-order valence-electron chi connectivity index (χ0n) is 27.0. The van der Waals surface area contributed by atoms with E-state index < -0.39 is 48.2 Å². The molecule has 3 aliphatic heterocycles. The van der Waals surface area contributed by atoms with Gasteiger partial charge >= 0.3 is 0 Å². The smallest absolute Gasteiger partial charge is 0.199 e. The van der Waals surface area contributed by atoms with Gasteiger partial charge in [-0.15, -0.1) is 0 Å². The highest BCUT2D eigenvalue weighted by molar-refractivity contribution is 5.35. The first kappa shape index (κ1) is 30.0. The summed E-state index contributed by atoms with van der Waals surface area (Å²) in [6.07, 6.45) is 1.17. The van der Waals surface area contributed by atoms with Crippen molar-refractivity contribution in [1.82, 2.24) is 0 Å². The van der Waals surface area contributed by atoms with Crippen LogP contribution in [0, 0.1) is 50.7 Å². The molecule has 3 saturated heterocycles. The molecule has 5 aliphatic carbocycles. The van der Waals surface area contributed by atoms with Crippen molar-refractivity contribution in [1.29, 1.82) is 0 Å². The van der Waals surface area contributed by atoms with Crippen LogP contribution in [0.1, 0.15) is 93.4 Å². The summed E-state index contributed by atoms with van der Waals surface area (Å²) in [4.78, 5) is 0. The summed E-state index contributed by atoms with van der Waals surface area (Å²) >= 11 is 0. The summed E-state index contributed by atoms with van der Waals surface area (Å²) in [6.45, 7) is 15.1. The molecule has 5 N–H and O–H groups in total. The van der Waals surface area contributed by atoms with E-state index in [2.05, 4.69) is 34.6 Å². The van der Waals surface area contributed by atoms with Crippen LogP contribution in [0.25, 0.3) is 0 Å². The largest absolute Gasteiger partial charge is 0.388 e. The third-order valence-electron chi connectivity index (χ3n) is 15.7. The molecule has 8 aliphatic rings. The first-order chi connectivity index (χ1) is 19.9. The van der Waals surface area contributed by atoms with Crippen LogP contribution in [0.3, 0.4) is 0 Å². The monoisotopic (exact) mass is 606 g/mol. The second-order valence-corrected chi connectivity index (χ2v) is 17.8. The third-order valence-corrected chi connectivity index (χ3v) is 15.7. The molecule has 7 unspecified atom stereocenters. The maximum Gasteiger partial charge on any atom is 0.199 e. The average molecular weight is 607 g/mol. The summed E-state index contributed by atoms with van der Waals surface area (Å²) in [6, 6.07) is 0. The minimum Gasteiger partial charge on any atom is -0.388 e. The number of fused-ring (bicyclic) bond motifs is 4. The molecule has 8 fully saturated rings. The fourth-order valence-corrected chi connectivity index (χ4v) is 13.7. The zero-order valence-corrected chi connectivity index (χ0v) is 27.0. The van der Waals surface area contributed by atoms with Crippen molar-refractivity contribution >= 4 is 0 Å². The summed E-state index contributed by atoms with van der Waals surface area (Å²) in [7, 11) is 0. The first-order valence-corrected chi connectivity index (χ1v) is 17.0. The van der Waals surface area contributed by atoms with Crippen molar-refractivity contribution in [3.8, 4) is 0 Å². The molecule has 0 radical (unpaired) electrons. The normalized spacial score (nSPS) is 63.1. The molecule has 43 heavy (non-hydrogen) atoms. The van der Waals surface area contributed by atoms with E-state index in [1.54, 1.807) is 13.8 Å². The van der Waals surface area contributed by atoms with E-state index in [9.17, 15) is 25.5 Å². The molecule has 0 aromatic heterocycles. The molecule has 5 saturated carbocycles. The maximum absolute atomic E-state index is 12.5. The van der Waals surface area contributed by atoms with Gasteiger partial charge < -0.3 is 44.5 Å². The van der Waals surface area contributed by atoms with Crippen LogP contribution in [0.2, 0.25) is 0 Å². The Hall–Kier alpha value is -0.360. The van der Waals surface area contributed by atoms with E-state index >= 15 is 0 Å². The lowest BCUT2D eigenvalue weighted by Gasteiger charge is -2.63. The van der Waals surface area contributed by atoms with Gasteiger partial charge in [0.25, 0.3) is 0 Å². The van der Waals surface area contributed by atoms with Crippen molar-refractivity contribution < 1.29 is 44.5 Å². The first-order valence-electron chi connectivity index (χ1n) is 17.0. The molecular weight excluding hydrogens is 552 g/mol. The van der Waals surface area contributed by atoms with E-state index in [0.717, 1.165) is 38.5 Å². The summed E-state index contributed by atoms with van der Waals surface area (Å²) in [5.41, 5.74) is -1.35. The molecule has 9 nitrogen and oxygen atoms in total. The highest BCUT2D eigenvalue weighted by Crippen LogP contribution is 2.90. The molecule has 3 heterocycles. The standard InChI is InChI=1S/C34H54O9/c1-16-23-25(29(4,5)39)43-34(42-23)24(16)30(6)12-13-33-15-32(33)11-10-20(41-26-22(37)21(36)17(35)14-40-26)28(2,3)18(32)8-9-19(33)31(30,7)27(34)38/h16-27,35-39H,8-15H2,1-7H3/t16-,17-,18?,19?,20+,21+,22-,23?,24?,25?,26+,27?,30-,31-,32-,33+,34?/m1/s1. The van der Waals surface area contributed by atoms with Crippen molar-refractivity contribution in [3.63, 3.8) is 0 Å². The lowest BCUT2D eigenvalue weighted by Crippen LogP contribution is -2.61. The topological polar surface area (TPSA) is 138 Å². The molecule has 0 aromatic rings. The predicted octanol–water partition coefficient (Wildman–Crippen LogP) is 2.73. The molecule has 17 atom stereocenters. The summed E-state index contributed by atoms with van der Waals surface area (Å²) in [5, 5.41) is 54.3. The summed E-state index contributed by atoms with van der Waals surface area (Å²) in [5.74, 6) is 0.0139. The van der Waals surface area contributed by atoms with Crippen LogP contribution in [-0.4, -0.2) is 92.5 Å². The Kier molecular flexibility index (Phi) is 5.97.